The molecule has 1 unspecified atom stereocenters. The van der Waals surface area contributed by atoms with Crippen molar-refractivity contribution in [1.82, 2.24) is 0 Å². The Morgan fingerprint density at radius 2 is 1.74 bits per heavy atom. The summed E-state index contributed by atoms with van der Waals surface area (Å²) >= 11 is 0. The summed E-state index contributed by atoms with van der Waals surface area (Å²) in [4.78, 5) is 22.9. The molecule has 0 aromatic heterocycles. The van der Waals surface area contributed by atoms with Crippen LogP contribution in [0, 0.1) is 6.92 Å². The van der Waals surface area contributed by atoms with Gasteiger partial charge in [0.05, 0.1) is 0 Å². The van der Waals surface area contributed by atoms with Crippen LogP contribution in [0.15, 0.2) is 54.6 Å². The summed E-state index contributed by atoms with van der Waals surface area (Å²) in [7, 11) is 0. The van der Waals surface area contributed by atoms with Gasteiger partial charge in [-0.15, -0.1) is 0 Å². The Labute approximate surface area is 135 Å². The minimum absolute atomic E-state index is 0.119. The van der Waals surface area contributed by atoms with Gasteiger partial charge in [0.15, 0.2) is 11.9 Å². The van der Waals surface area contributed by atoms with Gasteiger partial charge in [0.1, 0.15) is 5.75 Å². The summed E-state index contributed by atoms with van der Waals surface area (Å²) in [5.74, 6) is -0.739. The average molecular weight is 310 g/mol. The lowest BCUT2D eigenvalue weighted by Gasteiger charge is -2.10. The van der Waals surface area contributed by atoms with Crippen molar-refractivity contribution >= 4 is 17.8 Å². The molecule has 0 fully saturated rings. The van der Waals surface area contributed by atoms with E-state index in [1.807, 2.05) is 31.2 Å². The Kier molecular flexibility index (Phi) is 5.31. The van der Waals surface area contributed by atoms with Crippen LogP contribution in [0.3, 0.4) is 0 Å². The van der Waals surface area contributed by atoms with Crippen LogP contribution in [-0.4, -0.2) is 23.0 Å². The van der Waals surface area contributed by atoms with Crippen LogP contribution in [0.5, 0.6) is 5.75 Å². The molecule has 4 nitrogen and oxygen atoms in total. The van der Waals surface area contributed by atoms with Crippen molar-refractivity contribution in [3.8, 4) is 5.75 Å². The van der Waals surface area contributed by atoms with Crippen LogP contribution in [0.4, 0.5) is 0 Å². The van der Waals surface area contributed by atoms with E-state index in [4.69, 9.17) is 9.84 Å². The number of aliphatic carboxylic acids is 1. The van der Waals surface area contributed by atoms with Gasteiger partial charge < -0.3 is 9.84 Å². The molecule has 0 heterocycles. The number of benzene rings is 2. The molecule has 0 saturated carbocycles. The first-order valence-corrected chi connectivity index (χ1v) is 7.25. The first-order chi connectivity index (χ1) is 11.0. The first kappa shape index (κ1) is 16.5. The van der Waals surface area contributed by atoms with Crippen molar-refractivity contribution in [3.05, 3.63) is 71.3 Å². The van der Waals surface area contributed by atoms with Gasteiger partial charge in [-0.25, -0.2) is 4.79 Å². The van der Waals surface area contributed by atoms with Gasteiger partial charge in [0, 0.05) is 5.56 Å². The van der Waals surface area contributed by atoms with Crippen molar-refractivity contribution in [1.29, 1.82) is 0 Å². The maximum atomic E-state index is 12.1. The number of carboxylic acid groups (broad SMARTS) is 1. The molecule has 0 aliphatic carbocycles. The third kappa shape index (κ3) is 4.54. The van der Waals surface area contributed by atoms with Gasteiger partial charge in [-0.2, -0.15) is 0 Å². The second-order valence-electron chi connectivity index (χ2n) is 5.18. The predicted molar refractivity (Wildman–Crippen MR) is 88.7 cm³/mol. The molecule has 1 N–H and O–H groups in total. The minimum atomic E-state index is -1.04. The Balaban J connectivity index is 2.06. The van der Waals surface area contributed by atoms with E-state index in [-0.39, 0.29) is 5.78 Å². The van der Waals surface area contributed by atoms with E-state index in [0.717, 1.165) is 11.1 Å². The van der Waals surface area contributed by atoms with Crippen molar-refractivity contribution in [2.45, 2.75) is 20.0 Å². The maximum absolute atomic E-state index is 12.1. The molecular weight excluding hydrogens is 292 g/mol. The average Bonchev–Trinajstić information content (AvgIpc) is 2.54. The highest BCUT2D eigenvalue weighted by molar-refractivity contribution is 6.06. The summed E-state index contributed by atoms with van der Waals surface area (Å²) < 4.78 is 5.23. The normalized spacial score (nSPS) is 12.1. The van der Waals surface area contributed by atoms with E-state index in [2.05, 4.69) is 0 Å². The van der Waals surface area contributed by atoms with Gasteiger partial charge in [-0.3, -0.25) is 4.79 Å². The molecule has 2 aromatic rings. The Bertz CT molecular complexity index is 729. The van der Waals surface area contributed by atoms with Gasteiger partial charge in [0.25, 0.3) is 0 Å². The number of hydrogen-bond donors (Lipinski definition) is 1. The molecule has 118 valence electrons. The van der Waals surface area contributed by atoms with E-state index < -0.39 is 12.1 Å². The van der Waals surface area contributed by atoms with Gasteiger partial charge in [0.2, 0.25) is 0 Å². The highest BCUT2D eigenvalue weighted by Crippen LogP contribution is 2.15. The van der Waals surface area contributed by atoms with Gasteiger partial charge in [-0.05, 0) is 55.3 Å². The fourth-order valence-electron chi connectivity index (χ4n) is 1.99. The third-order valence-electron chi connectivity index (χ3n) is 3.40. The second kappa shape index (κ2) is 7.40. The molecule has 23 heavy (non-hydrogen) atoms. The Hall–Kier alpha value is -2.88. The van der Waals surface area contributed by atoms with Gasteiger partial charge >= 0.3 is 5.97 Å². The number of carbonyl (C=O) groups excluding carboxylic acids is 1. The lowest BCUT2D eigenvalue weighted by molar-refractivity contribution is -0.144. The summed E-state index contributed by atoms with van der Waals surface area (Å²) in [6.45, 7) is 3.44. The molecular formula is C19H18O4. The zero-order chi connectivity index (χ0) is 16.8. The third-order valence-corrected chi connectivity index (χ3v) is 3.40. The molecule has 0 bridgehead atoms. The largest absolute Gasteiger partial charge is 0.479 e. The highest BCUT2D eigenvalue weighted by atomic mass is 16.5. The first-order valence-electron chi connectivity index (χ1n) is 7.25. The van der Waals surface area contributed by atoms with E-state index in [9.17, 15) is 9.59 Å². The number of hydrogen-bond acceptors (Lipinski definition) is 3. The molecule has 0 aliphatic heterocycles. The summed E-state index contributed by atoms with van der Waals surface area (Å²) in [6, 6.07) is 14.2. The van der Waals surface area contributed by atoms with Crippen molar-refractivity contribution in [2.75, 3.05) is 0 Å². The van der Waals surface area contributed by atoms with Crippen molar-refractivity contribution in [2.24, 2.45) is 0 Å². The smallest absolute Gasteiger partial charge is 0.344 e. The van der Waals surface area contributed by atoms with E-state index in [1.165, 1.54) is 13.0 Å². The number of ketones is 1. The van der Waals surface area contributed by atoms with Gasteiger partial charge in [-0.1, -0.05) is 30.3 Å². The van der Waals surface area contributed by atoms with Crippen molar-refractivity contribution in [3.63, 3.8) is 0 Å². The number of rotatable bonds is 6. The van der Waals surface area contributed by atoms with E-state index in [1.54, 1.807) is 30.3 Å². The Morgan fingerprint density at radius 3 is 2.35 bits per heavy atom. The molecule has 0 saturated heterocycles. The van der Waals surface area contributed by atoms with Crippen LogP contribution in [0.2, 0.25) is 0 Å². The van der Waals surface area contributed by atoms with E-state index in [0.29, 0.717) is 11.3 Å². The molecule has 0 radical (unpaired) electrons. The number of carbonyl (C=O) groups is 2. The molecule has 2 rings (SSSR count). The molecule has 0 aliphatic rings. The van der Waals surface area contributed by atoms with Crippen LogP contribution < -0.4 is 4.74 Å². The lowest BCUT2D eigenvalue weighted by Crippen LogP contribution is -2.22. The molecule has 0 amide bonds. The fourth-order valence-corrected chi connectivity index (χ4v) is 1.99. The predicted octanol–water partition coefficient (Wildman–Crippen LogP) is 3.74. The highest BCUT2D eigenvalue weighted by Gasteiger charge is 2.12. The quantitative estimate of drug-likeness (QED) is 0.652. The second-order valence-corrected chi connectivity index (χ2v) is 5.18. The number of allylic oxidation sites excluding steroid dienone is 1. The standard InChI is InChI=1S/C19H18O4/c1-13-5-3-4-6-15(13)9-12-18(20)16-7-10-17(11-8-16)23-14(2)19(21)22/h3-12,14H,1-2H3,(H,21,22)/b12-9+. The van der Waals surface area contributed by atoms with Crippen LogP contribution in [0.25, 0.3) is 6.08 Å². The lowest BCUT2D eigenvalue weighted by atomic mass is 10.1. The monoisotopic (exact) mass is 310 g/mol. The van der Waals surface area contributed by atoms with E-state index >= 15 is 0 Å². The summed E-state index contributed by atoms with van der Waals surface area (Å²) in [5, 5.41) is 8.80. The zero-order valence-corrected chi connectivity index (χ0v) is 13.0. The number of aryl methyl sites for hydroxylation is 1. The molecule has 1 atom stereocenters. The SMILES string of the molecule is Cc1ccccc1/C=C/C(=O)c1ccc(OC(C)C(=O)O)cc1. The maximum Gasteiger partial charge on any atom is 0.344 e. The van der Waals surface area contributed by atoms with Crippen LogP contribution >= 0.6 is 0 Å². The summed E-state index contributed by atoms with van der Waals surface area (Å²) in [6.07, 6.45) is 2.38. The fraction of sp³-hybridized carbons (Fsp3) is 0.158. The van der Waals surface area contributed by atoms with Crippen LogP contribution in [-0.2, 0) is 4.79 Å². The molecule has 0 spiro atoms. The molecule has 4 heteroatoms. The van der Waals surface area contributed by atoms with Crippen molar-refractivity contribution < 1.29 is 19.4 Å². The van der Waals surface area contributed by atoms with Crippen LogP contribution in [0.1, 0.15) is 28.4 Å². The summed E-state index contributed by atoms with van der Waals surface area (Å²) in [5.41, 5.74) is 2.62. The number of ether oxygens (including phenoxy) is 1. The zero-order valence-electron chi connectivity index (χ0n) is 13.0. The topological polar surface area (TPSA) is 63.6 Å². The number of carboxylic acids is 1. The Morgan fingerprint density at radius 1 is 1.09 bits per heavy atom. The minimum Gasteiger partial charge on any atom is -0.479 e. The molecule has 2 aromatic carbocycles.